The molecule has 78 valence electrons. The fourth-order valence-electron chi connectivity index (χ4n) is 2.23. The van der Waals surface area contributed by atoms with Gasteiger partial charge in [-0.2, -0.15) is 5.10 Å². The van der Waals surface area contributed by atoms with Crippen LogP contribution in [0.3, 0.4) is 0 Å². The predicted molar refractivity (Wildman–Crippen MR) is 56.2 cm³/mol. The molecule has 1 aliphatic carbocycles. The van der Waals surface area contributed by atoms with Crippen LogP contribution in [0.5, 0.6) is 0 Å². The summed E-state index contributed by atoms with van der Waals surface area (Å²) in [5.74, 6) is 2.80. The zero-order valence-electron chi connectivity index (χ0n) is 9.27. The second kappa shape index (κ2) is 3.71. The highest BCUT2D eigenvalue weighted by molar-refractivity contribution is 5.03. The Bertz CT molecular complexity index is 297. The van der Waals surface area contributed by atoms with Gasteiger partial charge >= 0.3 is 0 Å². The van der Waals surface area contributed by atoms with Gasteiger partial charge in [0.05, 0.1) is 0 Å². The molecule has 0 atom stereocenters. The van der Waals surface area contributed by atoms with Crippen LogP contribution >= 0.6 is 0 Å². The van der Waals surface area contributed by atoms with Crippen molar-refractivity contribution in [2.45, 2.75) is 52.0 Å². The van der Waals surface area contributed by atoms with Gasteiger partial charge in [0.25, 0.3) is 0 Å². The first kappa shape index (κ1) is 9.69. The van der Waals surface area contributed by atoms with E-state index in [0.29, 0.717) is 12.0 Å². The monoisotopic (exact) mass is 193 g/mol. The van der Waals surface area contributed by atoms with Crippen LogP contribution in [0.1, 0.15) is 57.8 Å². The van der Waals surface area contributed by atoms with Crippen molar-refractivity contribution in [3.63, 3.8) is 0 Å². The average Bonchev–Trinajstić information content (AvgIpc) is 2.50. The number of hydrogen-bond donors (Lipinski definition) is 0. The molecular formula is C11H19N3. The van der Waals surface area contributed by atoms with E-state index in [-0.39, 0.29) is 0 Å². The summed E-state index contributed by atoms with van der Waals surface area (Å²) in [6.45, 7) is 6.59. The third-order valence-corrected chi connectivity index (χ3v) is 3.27. The largest absolute Gasteiger partial charge is 0.247 e. The van der Waals surface area contributed by atoms with E-state index in [0.717, 1.165) is 5.92 Å². The van der Waals surface area contributed by atoms with Crippen molar-refractivity contribution in [2.75, 3.05) is 0 Å². The fourth-order valence-corrected chi connectivity index (χ4v) is 2.23. The maximum atomic E-state index is 4.38. The molecule has 0 spiro atoms. The van der Waals surface area contributed by atoms with Gasteiger partial charge in [-0.3, -0.25) is 0 Å². The van der Waals surface area contributed by atoms with Crippen LogP contribution < -0.4 is 0 Å². The van der Waals surface area contributed by atoms with Gasteiger partial charge in [-0.25, -0.2) is 9.67 Å². The highest BCUT2D eigenvalue weighted by Gasteiger charge is 2.32. The smallest absolute Gasteiger partial charge is 0.138 e. The van der Waals surface area contributed by atoms with Crippen LogP contribution in [0.2, 0.25) is 0 Å². The van der Waals surface area contributed by atoms with E-state index < -0.39 is 0 Å². The zero-order chi connectivity index (χ0) is 10.1. The van der Waals surface area contributed by atoms with Gasteiger partial charge in [0.1, 0.15) is 12.2 Å². The Hall–Kier alpha value is -0.860. The summed E-state index contributed by atoms with van der Waals surface area (Å²) in [5, 5.41) is 4.28. The van der Waals surface area contributed by atoms with Crippen LogP contribution in [0, 0.1) is 5.92 Å². The van der Waals surface area contributed by atoms with Gasteiger partial charge in [-0.1, -0.05) is 13.3 Å². The van der Waals surface area contributed by atoms with Gasteiger partial charge < -0.3 is 0 Å². The van der Waals surface area contributed by atoms with E-state index in [1.165, 1.54) is 25.1 Å². The van der Waals surface area contributed by atoms with Gasteiger partial charge in [0, 0.05) is 12.0 Å². The summed E-state index contributed by atoms with van der Waals surface area (Å²) >= 11 is 0. The lowest BCUT2D eigenvalue weighted by molar-refractivity contribution is 0.237. The van der Waals surface area contributed by atoms with Crippen molar-refractivity contribution in [2.24, 2.45) is 5.92 Å². The fraction of sp³-hybridized carbons (Fsp3) is 0.818. The minimum absolute atomic E-state index is 0.438. The highest BCUT2D eigenvalue weighted by atomic mass is 15.3. The Morgan fingerprint density at radius 2 is 2.21 bits per heavy atom. The molecule has 2 rings (SSSR count). The molecule has 1 aromatic rings. The Morgan fingerprint density at radius 1 is 1.50 bits per heavy atom. The number of hydrogen-bond acceptors (Lipinski definition) is 2. The van der Waals surface area contributed by atoms with E-state index in [1.807, 2.05) is 0 Å². The second-order valence-corrected chi connectivity index (χ2v) is 4.60. The van der Waals surface area contributed by atoms with E-state index in [9.17, 15) is 0 Å². The molecule has 3 heteroatoms. The van der Waals surface area contributed by atoms with E-state index in [4.69, 9.17) is 0 Å². The standard InChI is InChI=1S/C11H19N3/c1-4-9-5-10(6-9)11-12-7-13-14(11)8(2)3/h7-10H,4-6H2,1-3H3. The normalized spacial score (nSPS) is 26.6. The Morgan fingerprint density at radius 3 is 2.79 bits per heavy atom. The summed E-state index contributed by atoms with van der Waals surface area (Å²) in [4.78, 5) is 4.38. The van der Waals surface area contributed by atoms with Gasteiger partial charge in [0.15, 0.2) is 0 Å². The molecule has 1 aliphatic rings. The maximum Gasteiger partial charge on any atom is 0.138 e. The lowest BCUT2D eigenvalue weighted by atomic mass is 9.73. The zero-order valence-corrected chi connectivity index (χ0v) is 9.27. The van der Waals surface area contributed by atoms with Crippen LogP contribution in [-0.2, 0) is 0 Å². The van der Waals surface area contributed by atoms with E-state index in [2.05, 4.69) is 35.5 Å². The van der Waals surface area contributed by atoms with Crippen LogP contribution in [0.15, 0.2) is 6.33 Å². The third-order valence-electron chi connectivity index (χ3n) is 3.27. The molecule has 14 heavy (non-hydrogen) atoms. The lowest BCUT2D eigenvalue weighted by Crippen LogP contribution is -2.25. The summed E-state index contributed by atoms with van der Waals surface area (Å²) < 4.78 is 2.07. The molecule has 1 saturated carbocycles. The highest BCUT2D eigenvalue weighted by Crippen LogP contribution is 2.42. The first-order valence-corrected chi connectivity index (χ1v) is 5.61. The van der Waals surface area contributed by atoms with E-state index in [1.54, 1.807) is 6.33 Å². The molecular weight excluding hydrogens is 174 g/mol. The van der Waals surface area contributed by atoms with Crippen molar-refractivity contribution < 1.29 is 0 Å². The molecule has 1 fully saturated rings. The van der Waals surface area contributed by atoms with Crippen molar-refractivity contribution in [1.82, 2.24) is 14.8 Å². The first-order valence-electron chi connectivity index (χ1n) is 5.61. The summed E-state index contributed by atoms with van der Waals surface area (Å²) in [7, 11) is 0. The molecule has 0 radical (unpaired) electrons. The first-order chi connectivity index (χ1) is 6.72. The Kier molecular flexibility index (Phi) is 2.57. The predicted octanol–water partition coefficient (Wildman–Crippen LogP) is 2.76. The van der Waals surface area contributed by atoms with Crippen LogP contribution in [0.4, 0.5) is 0 Å². The number of rotatable bonds is 3. The second-order valence-electron chi connectivity index (χ2n) is 4.60. The number of aromatic nitrogens is 3. The molecule has 0 aromatic carbocycles. The lowest BCUT2D eigenvalue weighted by Gasteiger charge is -2.34. The topological polar surface area (TPSA) is 30.7 Å². The minimum Gasteiger partial charge on any atom is -0.247 e. The summed E-state index contributed by atoms with van der Waals surface area (Å²) in [6.07, 6.45) is 5.62. The molecule has 0 aliphatic heterocycles. The maximum absolute atomic E-state index is 4.38. The SMILES string of the molecule is CCC1CC(c2ncnn2C(C)C)C1. The molecule has 0 bridgehead atoms. The van der Waals surface area contributed by atoms with E-state index >= 15 is 0 Å². The van der Waals surface area contributed by atoms with Gasteiger partial charge in [-0.15, -0.1) is 0 Å². The molecule has 1 heterocycles. The van der Waals surface area contributed by atoms with Gasteiger partial charge in [0.2, 0.25) is 0 Å². The molecule has 0 amide bonds. The summed E-state index contributed by atoms with van der Waals surface area (Å²) in [6, 6.07) is 0.438. The minimum atomic E-state index is 0.438. The van der Waals surface area contributed by atoms with Crippen molar-refractivity contribution in [3.05, 3.63) is 12.2 Å². The van der Waals surface area contributed by atoms with Gasteiger partial charge in [-0.05, 0) is 32.6 Å². The average molecular weight is 193 g/mol. The van der Waals surface area contributed by atoms with Crippen LogP contribution in [-0.4, -0.2) is 14.8 Å². The molecule has 3 nitrogen and oxygen atoms in total. The van der Waals surface area contributed by atoms with Crippen molar-refractivity contribution in [1.29, 1.82) is 0 Å². The van der Waals surface area contributed by atoms with Crippen molar-refractivity contribution >= 4 is 0 Å². The van der Waals surface area contributed by atoms with Crippen molar-refractivity contribution in [3.8, 4) is 0 Å². The molecule has 1 aromatic heterocycles. The molecule has 0 unspecified atom stereocenters. The quantitative estimate of drug-likeness (QED) is 0.739. The molecule has 0 N–H and O–H groups in total. The molecule has 0 saturated heterocycles. The Labute approximate surface area is 85.5 Å². The summed E-state index contributed by atoms with van der Waals surface area (Å²) in [5.41, 5.74) is 0. The number of nitrogens with zero attached hydrogens (tertiary/aromatic N) is 3. The Balaban J connectivity index is 2.07. The third kappa shape index (κ3) is 1.56. The van der Waals surface area contributed by atoms with Crippen LogP contribution in [0.25, 0.3) is 0 Å².